The summed E-state index contributed by atoms with van der Waals surface area (Å²) in [7, 11) is 0. The van der Waals surface area contributed by atoms with Crippen molar-refractivity contribution in [1.29, 1.82) is 0 Å². The molecular weight excluding hydrogens is 384 g/mol. The lowest BCUT2D eigenvalue weighted by molar-refractivity contribution is 0.0523. The summed E-state index contributed by atoms with van der Waals surface area (Å²) < 4.78 is 5.91. The molecule has 0 saturated heterocycles. The van der Waals surface area contributed by atoms with Crippen LogP contribution in [0.15, 0.2) is 46.9 Å². The first kappa shape index (κ1) is 19.1. The van der Waals surface area contributed by atoms with Crippen molar-refractivity contribution in [3.05, 3.63) is 58.1 Å². The molecule has 0 heterocycles. The van der Waals surface area contributed by atoms with Crippen LogP contribution in [0.5, 0.6) is 5.75 Å². The number of phenols is 1. The number of amides is 1. The van der Waals surface area contributed by atoms with Gasteiger partial charge in [-0.3, -0.25) is 0 Å². The van der Waals surface area contributed by atoms with E-state index >= 15 is 0 Å². The fraction of sp³-hybridized carbons (Fsp3) is 0.316. The van der Waals surface area contributed by atoms with Crippen molar-refractivity contribution < 1.29 is 14.6 Å². The molecule has 2 aromatic carbocycles. The van der Waals surface area contributed by atoms with Crippen LogP contribution in [0.2, 0.25) is 0 Å². The first-order chi connectivity index (χ1) is 11.7. The number of rotatable bonds is 5. The quantitative estimate of drug-likeness (QED) is 0.667. The van der Waals surface area contributed by atoms with Crippen LogP contribution in [0, 0.1) is 0 Å². The minimum atomic E-state index is -0.520. The molecule has 1 amide bonds. The predicted octanol–water partition coefficient (Wildman–Crippen LogP) is 4.79. The third-order valence-electron chi connectivity index (χ3n) is 3.33. The molecule has 0 aliphatic carbocycles. The van der Waals surface area contributed by atoms with E-state index in [-0.39, 0.29) is 5.75 Å². The van der Waals surface area contributed by atoms with Crippen molar-refractivity contribution in [2.45, 2.75) is 39.5 Å². The van der Waals surface area contributed by atoms with E-state index in [0.717, 1.165) is 16.8 Å². The molecule has 0 fully saturated rings. The summed E-state index contributed by atoms with van der Waals surface area (Å²) in [6.07, 6.45) is -0.440. The van der Waals surface area contributed by atoms with E-state index in [9.17, 15) is 9.90 Å². The van der Waals surface area contributed by atoms with Gasteiger partial charge in [-0.25, -0.2) is 4.79 Å². The Hall–Kier alpha value is -2.21. The van der Waals surface area contributed by atoms with Crippen molar-refractivity contribution in [1.82, 2.24) is 5.32 Å². The number of para-hydroxylation sites is 1. The maximum atomic E-state index is 11.8. The second-order valence-corrected chi connectivity index (χ2v) is 7.51. The Kier molecular flexibility index (Phi) is 6.31. The number of benzene rings is 2. The Labute approximate surface area is 156 Å². The second-order valence-electron chi connectivity index (χ2n) is 6.65. The molecular formula is C19H23BrN2O3. The van der Waals surface area contributed by atoms with Crippen LogP contribution < -0.4 is 10.6 Å². The molecule has 134 valence electrons. The normalized spacial score (nSPS) is 11.0. The smallest absolute Gasteiger partial charge is 0.407 e. The molecule has 2 aromatic rings. The molecule has 0 unspecified atom stereocenters. The highest BCUT2D eigenvalue weighted by Crippen LogP contribution is 2.25. The lowest BCUT2D eigenvalue weighted by Crippen LogP contribution is -2.32. The zero-order valence-electron chi connectivity index (χ0n) is 14.6. The van der Waals surface area contributed by atoms with Gasteiger partial charge < -0.3 is 20.5 Å². The molecule has 6 heteroatoms. The number of alkyl carbamates (subject to hydrolysis) is 1. The Morgan fingerprint density at radius 1 is 1.16 bits per heavy atom. The lowest BCUT2D eigenvalue weighted by Gasteiger charge is -2.20. The van der Waals surface area contributed by atoms with E-state index in [0.29, 0.717) is 17.6 Å². The van der Waals surface area contributed by atoms with Gasteiger partial charge in [-0.1, -0.05) is 24.3 Å². The summed E-state index contributed by atoms with van der Waals surface area (Å²) in [5.41, 5.74) is 2.40. The number of nitrogens with one attached hydrogen (secondary N) is 2. The fourth-order valence-corrected chi connectivity index (χ4v) is 2.61. The largest absolute Gasteiger partial charge is 0.507 e. The summed E-state index contributed by atoms with van der Waals surface area (Å²) in [5.74, 6) is 0.214. The molecule has 0 bridgehead atoms. The first-order valence-electron chi connectivity index (χ1n) is 8.00. The van der Waals surface area contributed by atoms with Gasteiger partial charge in [-0.15, -0.1) is 0 Å². The van der Waals surface area contributed by atoms with Crippen molar-refractivity contribution in [2.24, 2.45) is 0 Å². The molecule has 0 aliphatic heterocycles. The number of carbonyl (C=O) groups excluding carboxylic acids is 1. The highest BCUT2D eigenvalue weighted by atomic mass is 79.9. The van der Waals surface area contributed by atoms with Gasteiger partial charge in [-0.2, -0.15) is 0 Å². The van der Waals surface area contributed by atoms with E-state index < -0.39 is 11.7 Å². The molecule has 0 radical (unpaired) electrons. The summed E-state index contributed by atoms with van der Waals surface area (Å²) in [6.45, 7) is 6.47. The maximum Gasteiger partial charge on any atom is 0.407 e. The number of aromatic hydroxyl groups is 1. The van der Waals surface area contributed by atoms with E-state index in [1.165, 1.54) is 0 Å². The van der Waals surface area contributed by atoms with Crippen LogP contribution in [-0.4, -0.2) is 16.8 Å². The third kappa shape index (κ3) is 6.31. The number of halogens is 1. The van der Waals surface area contributed by atoms with Crippen molar-refractivity contribution in [2.75, 3.05) is 5.32 Å². The maximum absolute atomic E-state index is 11.8. The van der Waals surface area contributed by atoms with Gasteiger partial charge in [0.05, 0.1) is 4.47 Å². The SMILES string of the molecule is CC(C)(C)OC(=O)NCc1ccccc1NCc1ccc(O)c(Br)c1. The molecule has 0 aromatic heterocycles. The predicted molar refractivity (Wildman–Crippen MR) is 103 cm³/mol. The van der Waals surface area contributed by atoms with Crippen molar-refractivity contribution in [3.63, 3.8) is 0 Å². The molecule has 5 nitrogen and oxygen atoms in total. The summed E-state index contributed by atoms with van der Waals surface area (Å²) in [5, 5.41) is 15.7. The molecule has 3 N–H and O–H groups in total. The Bertz CT molecular complexity index is 742. The topological polar surface area (TPSA) is 70.6 Å². The Morgan fingerprint density at radius 3 is 2.56 bits per heavy atom. The highest BCUT2D eigenvalue weighted by molar-refractivity contribution is 9.10. The van der Waals surface area contributed by atoms with Crippen molar-refractivity contribution >= 4 is 27.7 Å². The van der Waals surface area contributed by atoms with Gasteiger partial charge >= 0.3 is 6.09 Å². The van der Waals surface area contributed by atoms with Crippen LogP contribution >= 0.6 is 15.9 Å². The molecule has 0 spiro atoms. The van der Waals surface area contributed by atoms with Crippen LogP contribution in [-0.2, 0) is 17.8 Å². The van der Waals surface area contributed by atoms with Crippen molar-refractivity contribution in [3.8, 4) is 5.75 Å². The third-order valence-corrected chi connectivity index (χ3v) is 3.97. The van der Waals surface area contributed by atoms with Gasteiger partial charge in [-0.05, 0) is 66.0 Å². The van der Waals surface area contributed by atoms with Gasteiger partial charge in [0.2, 0.25) is 0 Å². The molecule has 0 saturated carbocycles. The summed E-state index contributed by atoms with van der Waals surface area (Å²) >= 11 is 3.31. The van der Waals surface area contributed by atoms with Crippen LogP contribution in [0.3, 0.4) is 0 Å². The molecule has 2 rings (SSSR count). The van der Waals surface area contributed by atoms with Gasteiger partial charge in [0.15, 0.2) is 0 Å². The monoisotopic (exact) mass is 406 g/mol. The second kappa shape index (κ2) is 8.25. The molecule has 0 aliphatic rings. The zero-order valence-corrected chi connectivity index (χ0v) is 16.2. The standard InChI is InChI=1S/C19H23BrN2O3/c1-19(2,3)25-18(24)22-12-14-6-4-5-7-16(14)21-11-13-8-9-17(23)15(20)10-13/h4-10,21,23H,11-12H2,1-3H3,(H,22,24). The zero-order chi connectivity index (χ0) is 18.4. The van der Waals surface area contributed by atoms with E-state index in [2.05, 4.69) is 26.6 Å². The summed E-state index contributed by atoms with van der Waals surface area (Å²) in [4.78, 5) is 11.8. The van der Waals surface area contributed by atoms with Crippen LogP contribution in [0.1, 0.15) is 31.9 Å². The minimum absolute atomic E-state index is 0.214. The Morgan fingerprint density at radius 2 is 1.88 bits per heavy atom. The van der Waals surface area contributed by atoms with E-state index in [1.54, 1.807) is 6.07 Å². The number of hydrogen-bond acceptors (Lipinski definition) is 4. The van der Waals surface area contributed by atoms with Crippen LogP contribution in [0.25, 0.3) is 0 Å². The van der Waals surface area contributed by atoms with E-state index in [1.807, 2.05) is 57.2 Å². The van der Waals surface area contributed by atoms with Gasteiger partial charge in [0, 0.05) is 18.8 Å². The lowest BCUT2D eigenvalue weighted by atomic mass is 10.1. The number of hydrogen-bond donors (Lipinski definition) is 3. The number of anilines is 1. The minimum Gasteiger partial charge on any atom is -0.507 e. The number of phenolic OH excluding ortho intramolecular Hbond substituents is 1. The number of carbonyl (C=O) groups is 1. The number of ether oxygens (including phenoxy) is 1. The first-order valence-corrected chi connectivity index (χ1v) is 8.80. The summed E-state index contributed by atoms with van der Waals surface area (Å²) in [6, 6.07) is 13.1. The molecule has 25 heavy (non-hydrogen) atoms. The fourth-order valence-electron chi connectivity index (χ4n) is 2.19. The average molecular weight is 407 g/mol. The highest BCUT2D eigenvalue weighted by Gasteiger charge is 2.16. The van der Waals surface area contributed by atoms with E-state index in [4.69, 9.17) is 4.74 Å². The molecule has 0 atom stereocenters. The van der Waals surface area contributed by atoms with Gasteiger partial charge in [0.1, 0.15) is 11.4 Å². The Balaban J connectivity index is 1.98. The average Bonchev–Trinajstić information content (AvgIpc) is 2.53. The van der Waals surface area contributed by atoms with Gasteiger partial charge in [0.25, 0.3) is 0 Å². The van der Waals surface area contributed by atoms with Crippen LogP contribution in [0.4, 0.5) is 10.5 Å².